The molecule has 4 rings (SSSR count). The Morgan fingerprint density at radius 2 is 1.70 bits per heavy atom. The van der Waals surface area contributed by atoms with Crippen molar-refractivity contribution in [2.75, 3.05) is 50.8 Å². The van der Waals surface area contributed by atoms with Gasteiger partial charge in [0.1, 0.15) is 0 Å². The molecule has 0 N–H and O–H groups in total. The zero-order chi connectivity index (χ0) is 20.1. The van der Waals surface area contributed by atoms with Crippen molar-refractivity contribution in [2.45, 2.75) is 58.8 Å². The number of anilines is 1. The summed E-state index contributed by atoms with van der Waals surface area (Å²) >= 11 is 0. The predicted molar refractivity (Wildman–Crippen MR) is 131 cm³/mol. The number of nitrogens with zero attached hydrogens (tertiary/aromatic N) is 2. The van der Waals surface area contributed by atoms with Crippen molar-refractivity contribution in [3.05, 3.63) is 35.9 Å². The van der Waals surface area contributed by atoms with Gasteiger partial charge in [-0.25, -0.2) is 0 Å². The van der Waals surface area contributed by atoms with Crippen LogP contribution in [0.3, 0.4) is 0 Å². The first kappa shape index (κ1) is 23.6. The Morgan fingerprint density at radius 1 is 1.00 bits per heavy atom. The average Bonchev–Trinajstić information content (AvgIpc) is 2.80. The Labute approximate surface area is 190 Å². The standard InChI is InChI=1S/C26H40N2O.ClH/c1-3-26(4-2)13-9-23(10-14-26)24-7-5-6-8-25(24)28-17-15-27(16-18-28)21-22-11-19-29-20-12-22;/h5-9,22H,3-4,10-21H2,1-2H3;1H. The highest BCUT2D eigenvalue weighted by Crippen LogP contribution is 2.44. The molecular formula is C26H41ClN2O. The van der Waals surface area contributed by atoms with E-state index in [1.165, 1.54) is 75.8 Å². The number of piperazine rings is 1. The molecule has 0 bridgehead atoms. The predicted octanol–water partition coefficient (Wildman–Crippen LogP) is 6.03. The number of allylic oxidation sites excluding steroid dienone is 2. The topological polar surface area (TPSA) is 15.7 Å². The van der Waals surface area contributed by atoms with Crippen molar-refractivity contribution in [1.29, 1.82) is 0 Å². The molecule has 1 aromatic rings. The summed E-state index contributed by atoms with van der Waals surface area (Å²) in [5.74, 6) is 0.840. The largest absolute Gasteiger partial charge is 0.381 e. The van der Waals surface area contributed by atoms with Gasteiger partial charge in [-0.1, -0.05) is 51.0 Å². The van der Waals surface area contributed by atoms with Gasteiger partial charge in [-0.05, 0) is 55.1 Å². The number of hydrogen-bond donors (Lipinski definition) is 0. The zero-order valence-electron chi connectivity index (χ0n) is 19.1. The third kappa shape index (κ3) is 5.41. The second-order valence-corrected chi connectivity index (χ2v) is 9.50. The highest BCUT2D eigenvalue weighted by molar-refractivity contribution is 5.85. The summed E-state index contributed by atoms with van der Waals surface area (Å²) in [6.07, 6.45) is 11.5. The molecule has 30 heavy (non-hydrogen) atoms. The zero-order valence-corrected chi connectivity index (χ0v) is 19.9. The minimum atomic E-state index is 0. The van der Waals surface area contributed by atoms with Gasteiger partial charge in [0.05, 0.1) is 0 Å². The average molecular weight is 433 g/mol. The first-order valence-electron chi connectivity index (χ1n) is 12.1. The van der Waals surface area contributed by atoms with Gasteiger partial charge in [-0.3, -0.25) is 4.90 Å². The summed E-state index contributed by atoms with van der Waals surface area (Å²) in [6, 6.07) is 9.16. The van der Waals surface area contributed by atoms with Crippen LogP contribution in [-0.4, -0.2) is 50.8 Å². The summed E-state index contributed by atoms with van der Waals surface area (Å²) in [5, 5.41) is 0. The van der Waals surface area contributed by atoms with Crippen LogP contribution in [-0.2, 0) is 4.74 Å². The third-order valence-electron chi connectivity index (χ3n) is 8.03. The molecule has 0 radical (unpaired) electrons. The van der Waals surface area contributed by atoms with Crippen molar-refractivity contribution < 1.29 is 4.74 Å². The minimum Gasteiger partial charge on any atom is -0.381 e. The van der Waals surface area contributed by atoms with Crippen molar-refractivity contribution in [3.63, 3.8) is 0 Å². The molecule has 0 unspecified atom stereocenters. The third-order valence-corrected chi connectivity index (χ3v) is 8.03. The molecule has 4 heteroatoms. The Balaban J connectivity index is 0.00000256. The van der Waals surface area contributed by atoms with Gasteiger partial charge in [0.2, 0.25) is 0 Å². The van der Waals surface area contributed by atoms with E-state index in [2.05, 4.69) is 54.0 Å². The van der Waals surface area contributed by atoms with Gasteiger partial charge in [-0.15, -0.1) is 12.4 Å². The smallest absolute Gasteiger partial charge is 0.0469 e. The summed E-state index contributed by atoms with van der Waals surface area (Å²) in [6.45, 7) is 12.6. The minimum absolute atomic E-state index is 0. The fourth-order valence-corrected chi connectivity index (χ4v) is 5.57. The Kier molecular flexibility index (Phi) is 8.68. The van der Waals surface area contributed by atoms with E-state index in [-0.39, 0.29) is 12.4 Å². The lowest BCUT2D eigenvalue weighted by Gasteiger charge is -2.40. The van der Waals surface area contributed by atoms with E-state index in [9.17, 15) is 0 Å². The lowest BCUT2D eigenvalue weighted by atomic mass is 9.70. The van der Waals surface area contributed by atoms with Crippen LogP contribution in [0, 0.1) is 11.3 Å². The van der Waals surface area contributed by atoms with E-state index in [1.54, 1.807) is 5.57 Å². The molecule has 0 atom stereocenters. The number of ether oxygens (including phenoxy) is 1. The molecule has 1 aromatic carbocycles. The number of benzene rings is 1. The first-order chi connectivity index (χ1) is 14.2. The van der Waals surface area contributed by atoms with Crippen LogP contribution in [0.15, 0.2) is 30.3 Å². The second-order valence-electron chi connectivity index (χ2n) is 9.50. The van der Waals surface area contributed by atoms with Crippen molar-refractivity contribution in [2.24, 2.45) is 11.3 Å². The van der Waals surface area contributed by atoms with Crippen LogP contribution in [0.5, 0.6) is 0 Å². The second kappa shape index (κ2) is 11.0. The molecule has 0 amide bonds. The Morgan fingerprint density at radius 3 is 2.33 bits per heavy atom. The van der Waals surface area contributed by atoms with E-state index in [1.807, 2.05) is 0 Å². The molecule has 0 aromatic heterocycles. The van der Waals surface area contributed by atoms with Crippen LogP contribution >= 0.6 is 12.4 Å². The Bertz CT molecular complexity index is 686. The SMILES string of the molecule is CCC1(CC)CC=C(c2ccccc2N2CCN(CC3CCOCC3)CC2)CC1.Cl. The summed E-state index contributed by atoms with van der Waals surface area (Å²) in [7, 11) is 0. The number of para-hydroxylation sites is 1. The van der Waals surface area contributed by atoms with Gasteiger partial charge >= 0.3 is 0 Å². The highest BCUT2D eigenvalue weighted by Gasteiger charge is 2.30. The van der Waals surface area contributed by atoms with Crippen molar-refractivity contribution in [1.82, 2.24) is 4.90 Å². The van der Waals surface area contributed by atoms with Crippen LogP contribution in [0.25, 0.3) is 5.57 Å². The lowest BCUT2D eigenvalue weighted by Crippen LogP contribution is -2.48. The van der Waals surface area contributed by atoms with Crippen LogP contribution in [0.4, 0.5) is 5.69 Å². The van der Waals surface area contributed by atoms with Gasteiger partial charge in [0.15, 0.2) is 0 Å². The maximum absolute atomic E-state index is 5.53. The van der Waals surface area contributed by atoms with Crippen LogP contribution < -0.4 is 4.90 Å². The fraction of sp³-hybridized carbons (Fsp3) is 0.692. The van der Waals surface area contributed by atoms with E-state index >= 15 is 0 Å². The van der Waals surface area contributed by atoms with Crippen LogP contribution in [0.2, 0.25) is 0 Å². The Hall–Kier alpha value is -1.03. The normalized spacial score (nSPS) is 23.0. The molecule has 2 fully saturated rings. The van der Waals surface area contributed by atoms with E-state index in [0.29, 0.717) is 5.41 Å². The summed E-state index contributed by atoms with van der Waals surface area (Å²) in [5.41, 5.74) is 5.09. The lowest BCUT2D eigenvalue weighted by molar-refractivity contribution is 0.0517. The van der Waals surface area contributed by atoms with Gasteiger partial charge in [0.25, 0.3) is 0 Å². The molecule has 168 valence electrons. The monoisotopic (exact) mass is 432 g/mol. The molecule has 0 saturated carbocycles. The summed E-state index contributed by atoms with van der Waals surface area (Å²) < 4.78 is 5.53. The maximum atomic E-state index is 5.53. The highest BCUT2D eigenvalue weighted by atomic mass is 35.5. The van der Waals surface area contributed by atoms with E-state index < -0.39 is 0 Å². The quantitative estimate of drug-likeness (QED) is 0.545. The van der Waals surface area contributed by atoms with Crippen LogP contribution in [0.1, 0.15) is 64.4 Å². The van der Waals surface area contributed by atoms with E-state index in [4.69, 9.17) is 4.74 Å². The number of rotatable bonds is 6. The van der Waals surface area contributed by atoms with Gasteiger partial charge in [-0.2, -0.15) is 0 Å². The fourth-order valence-electron chi connectivity index (χ4n) is 5.57. The summed E-state index contributed by atoms with van der Waals surface area (Å²) in [4.78, 5) is 5.32. The molecule has 3 aliphatic rings. The first-order valence-corrected chi connectivity index (χ1v) is 12.1. The molecule has 3 nitrogen and oxygen atoms in total. The van der Waals surface area contributed by atoms with Crippen molar-refractivity contribution >= 4 is 23.7 Å². The van der Waals surface area contributed by atoms with Crippen molar-refractivity contribution in [3.8, 4) is 0 Å². The number of halogens is 1. The molecular weight excluding hydrogens is 392 g/mol. The van der Waals surface area contributed by atoms with Gasteiger partial charge < -0.3 is 9.64 Å². The molecule has 2 saturated heterocycles. The van der Waals surface area contributed by atoms with E-state index in [0.717, 1.165) is 32.2 Å². The number of hydrogen-bond acceptors (Lipinski definition) is 3. The molecule has 0 spiro atoms. The molecule has 2 aliphatic heterocycles. The molecule has 1 aliphatic carbocycles. The molecule has 2 heterocycles. The van der Waals surface area contributed by atoms with Gasteiger partial charge in [0, 0.05) is 57.2 Å². The maximum Gasteiger partial charge on any atom is 0.0469 e.